The summed E-state index contributed by atoms with van der Waals surface area (Å²) < 4.78 is 0. The van der Waals surface area contributed by atoms with Crippen molar-refractivity contribution in [2.45, 2.75) is 25.9 Å². The van der Waals surface area contributed by atoms with E-state index in [2.05, 4.69) is 9.88 Å². The molecule has 1 fully saturated rings. The van der Waals surface area contributed by atoms with Gasteiger partial charge in [-0.15, -0.1) is 11.3 Å². The molecule has 1 amide bonds. The molecule has 5 nitrogen and oxygen atoms in total. The third-order valence-corrected chi connectivity index (χ3v) is 3.96. The number of aryl methyl sites for hydroxylation is 1. The first-order valence-electron chi connectivity index (χ1n) is 6.70. The fraction of sp³-hybridized carbons (Fsp3) is 0.692. The average Bonchev–Trinajstić information content (AvgIpc) is 2.89. The number of carbonyl (C=O) groups excluding carboxylic acids is 1. The highest BCUT2D eigenvalue weighted by molar-refractivity contribution is 7.07. The Morgan fingerprint density at radius 1 is 1.47 bits per heavy atom. The van der Waals surface area contributed by atoms with Crippen LogP contribution in [0.25, 0.3) is 0 Å². The minimum Gasteiger partial charge on any atom is -0.392 e. The normalized spacial score (nSPS) is 18.5. The highest BCUT2D eigenvalue weighted by atomic mass is 32.1. The number of rotatable bonds is 5. The van der Waals surface area contributed by atoms with Gasteiger partial charge in [0.2, 0.25) is 5.91 Å². The number of aliphatic hydroxyl groups excluding tert-OH is 1. The number of amides is 1. The van der Waals surface area contributed by atoms with Crippen molar-refractivity contribution >= 4 is 17.2 Å². The van der Waals surface area contributed by atoms with Gasteiger partial charge in [0.05, 0.1) is 17.3 Å². The molecule has 1 N–H and O–H groups in total. The number of β-amino-alcohol motifs (C(OH)–C–C–N with tert-alkyl or cyclic N) is 1. The van der Waals surface area contributed by atoms with Gasteiger partial charge in [-0.05, 0) is 13.3 Å². The van der Waals surface area contributed by atoms with E-state index in [1.54, 1.807) is 23.8 Å². The lowest BCUT2D eigenvalue weighted by atomic mass is 10.2. The monoisotopic (exact) mass is 283 g/mol. The number of nitrogens with zero attached hydrogens (tertiary/aromatic N) is 3. The van der Waals surface area contributed by atoms with Crippen LogP contribution in [0.15, 0.2) is 10.9 Å². The zero-order valence-corrected chi connectivity index (χ0v) is 12.1. The summed E-state index contributed by atoms with van der Waals surface area (Å²) in [4.78, 5) is 20.4. The number of aliphatic hydroxyl groups is 1. The molecule has 6 heteroatoms. The number of carbonyl (C=O) groups is 1. The van der Waals surface area contributed by atoms with Gasteiger partial charge in [0.15, 0.2) is 0 Å². The molecular formula is C13H21N3O2S. The van der Waals surface area contributed by atoms with Crippen molar-refractivity contribution in [1.82, 2.24) is 14.8 Å². The maximum atomic E-state index is 12.1. The van der Waals surface area contributed by atoms with Gasteiger partial charge in [-0.1, -0.05) is 0 Å². The van der Waals surface area contributed by atoms with Gasteiger partial charge >= 0.3 is 0 Å². The highest BCUT2D eigenvalue weighted by Gasteiger charge is 2.21. The summed E-state index contributed by atoms with van der Waals surface area (Å²) in [5, 5.41) is 11.3. The van der Waals surface area contributed by atoms with Crippen LogP contribution in [-0.4, -0.2) is 64.6 Å². The van der Waals surface area contributed by atoms with Gasteiger partial charge in [0.1, 0.15) is 0 Å². The molecule has 19 heavy (non-hydrogen) atoms. The van der Waals surface area contributed by atoms with E-state index in [9.17, 15) is 9.90 Å². The van der Waals surface area contributed by atoms with Gasteiger partial charge in [-0.25, -0.2) is 4.98 Å². The molecule has 1 aliphatic heterocycles. The van der Waals surface area contributed by atoms with E-state index in [1.807, 2.05) is 10.3 Å². The summed E-state index contributed by atoms with van der Waals surface area (Å²) in [6.07, 6.45) is 0.975. The lowest BCUT2D eigenvalue weighted by molar-refractivity contribution is -0.133. The van der Waals surface area contributed by atoms with Crippen LogP contribution in [0, 0.1) is 0 Å². The fourth-order valence-corrected chi connectivity index (χ4v) is 2.90. The Morgan fingerprint density at radius 2 is 2.21 bits per heavy atom. The number of aromatic nitrogens is 1. The Balaban J connectivity index is 1.70. The molecule has 2 rings (SSSR count). The van der Waals surface area contributed by atoms with E-state index in [4.69, 9.17) is 0 Å². The van der Waals surface area contributed by atoms with E-state index < -0.39 is 0 Å². The quantitative estimate of drug-likeness (QED) is 0.860. The maximum absolute atomic E-state index is 12.1. The van der Waals surface area contributed by atoms with Gasteiger partial charge in [-0.2, -0.15) is 0 Å². The zero-order valence-electron chi connectivity index (χ0n) is 11.3. The van der Waals surface area contributed by atoms with Crippen molar-refractivity contribution < 1.29 is 9.90 Å². The SMILES string of the molecule is C[C@@H](O)CN1CCN(C(=O)CCc2cscn2)CC1. The second-order valence-electron chi connectivity index (χ2n) is 5.01. The summed E-state index contributed by atoms with van der Waals surface area (Å²) >= 11 is 1.57. The number of hydrogen-bond acceptors (Lipinski definition) is 5. The van der Waals surface area contributed by atoms with E-state index in [0.29, 0.717) is 13.0 Å². The molecule has 1 aromatic rings. The van der Waals surface area contributed by atoms with Crippen molar-refractivity contribution in [3.05, 3.63) is 16.6 Å². The van der Waals surface area contributed by atoms with Crippen LogP contribution in [0.3, 0.4) is 0 Å². The van der Waals surface area contributed by atoms with E-state index in [0.717, 1.165) is 38.3 Å². The number of piperazine rings is 1. The summed E-state index contributed by atoms with van der Waals surface area (Å²) in [6.45, 7) is 5.73. The Kier molecular flexibility index (Phi) is 5.30. The summed E-state index contributed by atoms with van der Waals surface area (Å²) in [6, 6.07) is 0. The summed E-state index contributed by atoms with van der Waals surface area (Å²) in [7, 11) is 0. The second kappa shape index (κ2) is 6.98. The molecule has 0 spiro atoms. The molecule has 0 aliphatic carbocycles. The zero-order chi connectivity index (χ0) is 13.7. The Bertz CT molecular complexity index is 387. The largest absolute Gasteiger partial charge is 0.392 e. The Labute approximate surface area is 117 Å². The summed E-state index contributed by atoms with van der Waals surface area (Å²) in [5.74, 6) is 0.213. The first kappa shape index (κ1) is 14.4. The molecule has 0 radical (unpaired) electrons. The standard InChI is InChI=1S/C13H21N3O2S/c1-11(17)8-15-4-6-16(7-5-15)13(18)3-2-12-9-19-10-14-12/h9-11,17H,2-8H2,1H3/t11-/m1/s1. The smallest absolute Gasteiger partial charge is 0.223 e. The lowest BCUT2D eigenvalue weighted by Gasteiger charge is -2.35. The van der Waals surface area contributed by atoms with E-state index in [1.165, 1.54) is 0 Å². The second-order valence-corrected chi connectivity index (χ2v) is 5.73. The average molecular weight is 283 g/mol. The van der Waals surface area contributed by atoms with Gasteiger partial charge in [-0.3, -0.25) is 9.69 Å². The topological polar surface area (TPSA) is 56.7 Å². The van der Waals surface area contributed by atoms with Crippen molar-refractivity contribution in [3.8, 4) is 0 Å². The molecule has 1 aliphatic rings. The summed E-state index contributed by atoms with van der Waals surface area (Å²) in [5.41, 5.74) is 2.81. The molecule has 0 aromatic carbocycles. The van der Waals surface area contributed by atoms with Crippen LogP contribution in [0.1, 0.15) is 19.0 Å². The van der Waals surface area contributed by atoms with E-state index >= 15 is 0 Å². The minimum absolute atomic E-state index is 0.213. The lowest BCUT2D eigenvalue weighted by Crippen LogP contribution is -2.50. The number of thiazole rings is 1. The Hall–Kier alpha value is -0.980. The molecule has 1 atom stereocenters. The molecule has 106 valence electrons. The van der Waals surface area contributed by atoms with Crippen LogP contribution < -0.4 is 0 Å². The molecular weight excluding hydrogens is 262 g/mol. The van der Waals surface area contributed by atoms with Crippen molar-refractivity contribution in [1.29, 1.82) is 0 Å². The molecule has 1 aromatic heterocycles. The highest BCUT2D eigenvalue weighted by Crippen LogP contribution is 2.08. The minimum atomic E-state index is -0.299. The van der Waals surface area contributed by atoms with Crippen molar-refractivity contribution in [2.75, 3.05) is 32.7 Å². The van der Waals surface area contributed by atoms with Crippen LogP contribution in [0.2, 0.25) is 0 Å². The molecule has 1 saturated heterocycles. The number of hydrogen-bond donors (Lipinski definition) is 1. The van der Waals surface area contributed by atoms with Gasteiger partial charge in [0.25, 0.3) is 0 Å². The van der Waals surface area contributed by atoms with E-state index in [-0.39, 0.29) is 12.0 Å². The fourth-order valence-electron chi connectivity index (χ4n) is 2.31. The first-order valence-corrected chi connectivity index (χ1v) is 7.64. The van der Waals surface area contributed by atoms with Crippen LogP contribution in [0.4, 0.5) is 0 Å². The van der Waals surface area contributed by atoms with Crippen LogP contribution in [0.5, 0.6) is 0 Å². The van der Waals surface area contributed by atoms with Crippen molar-refractivity contribution in [3.63, 3.8) is 0 Å². The molecule has 0 bridgehead atoms. The van der Waals surface area contributed by atoms with Crippen LogP contribution >= 0.6 is 11.3 Å². The van der Waals surface area contributed by atoms with Gasteiger partial charge < -0.3 is 10.0 Å². The van der Waals surface area contributed by atoms with Crippen LogP contribution in [-0.2, 0) is 11.2 Å². The maximum Gasteiger partial charge on any atom is 0.223 e. The first-order chi connectivity index (χ1) is 9.15. The Morgan fingerprint density at radius 3 is 2.79 bits per heavy atom. The molecule has 0 saturated carbocycles. The van der Waals surface area contributed by atoms with Crippen molar-refractivity contribution in [2.24, 2.45) is 0 Å². The third kappa shape index (κ3) is 4.56. The predicted octanol–water partition coefficient (Wildman–Crippen LogP) is 0.601. The predicted molar refractivity (Wildman–Crippen MR) is 75.1 cm³/mol. The molecule has 2 heterocycles. The third-order valence-electron chi connectivity index (χ3n) is 3.33. The molecule has 0 unspecified atom stereocenters. The van der Waals surface area contributed by atoms with Gasteiger partial charge in [0, 0.05) is 44.5 Å².